The molecule has 1 aromatic rings. The molecule has 0 bridgehead atoms. The number of nitrogens with two attached hydrogens (primary N) is 1. The smallest absolute Gasteiger partial charge is 0.123 e. The summed E-state index contributed by atoms with van der Waals surface area (Å²) in [4.78, 5) is 0. The van der Waals surface area contributed by atoms with Gasteiger partial charge in [0.2, 0.25) is 0 Å². The minimum absolute atomic E-state index is 0.149. The lowest BCUT2D eigenvalue weighted by Crippen LogP contribution is -2.28. The van der Waals surface area contributed by atoms with Crippen LogP contribution < -0.4 is 5.73 Å². The van der Waals surface area contributed by atoms with Gasteiger partial charge in [0.05, 0.1) is 0 Å². The number of hydrogen-bond donors (Lipinski definition) is 1. The highest BCUT2D eigenvalue weighted by Crippen LogP contribution is 2.21. The molecule has 0 amide bonds. The van der Waals surface area contributed by atoms with Gasteiger partial charge >= 0.3 is 0 Å². The van der Waals surface area contributed by atoms with Crippen LogP contribution in [0, 0.1) is 11.2 Å². The van der Waals surface area contributed by atoms with Gasteiger partial charge in [-0.3, -0.25) is 0 Å². The summed E-state index contributed by atoms with van der Waals surface area (Å²) in [5.41, 5.74) is 7.39. The molecule has 0 aliphatic rings. The Bertz CT molecular complexity index is 297. The van der Waals surface area contributed by atoms with E-state index in [4.69, 9.17) is 5.73 Å². The summed E-state index contributed by atoms with van der Waals surface area (Å²) in [5.74, 6) is -0.192. The van der Waals surface area contributed by atoms with Crippen LogP contribution in [0.3, 0.4) is 0 Å². The molecule has 0 aliphatic heterocycles. The zero-order chi connectivity index (χ0) is 11.5. The molecule has 1 aromatic carbocycles. The van der Waals surface area contributed by atoms with E-state index in [1.165, 1.54) is 12.1 Å². The summed E-state index contributed by atoms with van der Waals surface area (Å²) in [5, 5.41) is 0. The summed E-state index contributed by atoms with van der Waals surface area (Å²) in [7, 11) is 0. The van der Waals surface area contributed by atoms with E-state index in [-0.39, 0.29) is 17.3 Å². The van der Waals surface area contributed by atoms with Crippen molar-refractivity contribution >= 4 is 0 Å². The van der Waals surface area contributed by atoms with Crippen molar-refractivity contribution in [3.63, 3.8) is 0 Å². The molecular weight excluding hydrogens is 189 g/mol. The summed E-state index contributed by atoms with van der Waals surface area (Å²) < 4.78 is 12.7. The quantitative estimate of drug-likeness (QED) is 0.813. The highest BCUT2D eigenvalue weighted by atomic mass is 19.1. The van der Waals surface area contributed by atoms with Gasteiger partial charge in [-0.15, -0.1) is 0 Å². The fourth-order valence-electron chi connectivity index (χ4n) is 1.78. The van der Waals surface area contributed by atoms with Crippen LogP contribution in [-0.2, 0) is 6.42 Å². The summed E-state index contributed by atoms with van der Waals surface area (Å²) in [6, 6.07) is 6.73. The van der Waals surface area contributed by atoms with Gasteiger partial charge < -0.3 is 5.73 Å². The Morgan fingerprint density at radius 1 is 1.20 bits per heavy atom. The van der Waals surface area contributed by atoms with Crippen LogP contribution in [0.1, 0.15) is 32.8 Å². The van der Waals surface area contributed by atoms with Crippen molar-refractivity contribution in [3.05, 3.63) is 35.6 Å². The molecule has 0 unspecified atom stereocenters. The molecule has 0 saturated carbocycles. The fourth-order valence-corrected chi connectivity index (χ4v) is 1.78. The summed E-state index contributed by atoms with van der Waals surface area (Å²) in [6.45, 7) is 6.53. The summed E-state index contributed by atoms with van der Waals surface area (Å²) >= 11 is 0. The van der Waals surface area contributed by atoms with Crippen LogP contribution in [0.15, 0.2) is 24.3 Å². The van der Waals surface area contributed by atoms with Crippen LogP contribution in [0.25, 0.3) is 0 Å². The van der Waals surface area contributed by atoms with E-state index in [1.54, 1.807) is 12.1 Å². The van der Waals surface area contributed by atoms with Crippen molar-refractivity contribution in [1.29, 1.82) is 0 Å². The van der Waals surface area contributed by atoms with Gasteiger partial charge in [0.25, 0.3) is 0 Å². The third kappa shape index (κ3) is 4.93. The molecule has 0 spiro atoms. The van der Waals surface area contributed by atoms with Gasteiger partial charge in [-0.05, 0) is 36.0 Å². The Labute approximate surface area is 91.5 Å². The van der Waals surface area contributed by atoms with Crippen molar-refractivity contribution in [2.24, 2.45) is 11.1 Å². The lowest BCUT2D eigenvalue weighted by Gasteiger charge is -2.23. The highest BCUT2D eigenvalue weighted by molar-refractivity contribution is 5.17. The number of rotatable bonds is 3. The first-order valence-corrected chi connectivity index (χ1v) is 5.37. The third-order valence-corrected chi connectivity index (χ3v) is 2.29. The number of halogens is 1. The molecule has 1 rings (SSSR count). The Kier molecular flexibility index (Phi) is 3.86. The monoisotopic (exact) mass is 209 g/mol. The first-order valence-electron chi connectivity index (χ1n) is 5.37. The average molecular weight is 209 g/mol. The molecular formula is C13H20FN. The number of benzene rings is 1. The maximum atomic E-state index is 12.7. The second-order valence-electron chi connectivity index (χ2n) is 5.36. The molecule has 15 heavy (non-hydrogen) atoms. The predicted molar refractivity (Wildman–Crippen MR) is 62.2 cm³/mol. The van der Waals surface area contributed by atoms with Crippen LogP contribution >= 0.6 is 0 Å². The minimum atomic E-state index is -0.192. The van der Waals surface area contributed by atoms with Crippen molar-refractivity contribution in [3.8, 4) is 0 Å². The standard InChI is InChI=1S/C13H20FN/c1-13(2,3)9-12(15)8-10-4-6-11(14)7-5-10/h4-7,12H,8-9,15H2,1-3H3/t12-/m0/s1. The zero-order valence-corrected chi connectivity index (χ0v) is 9.76. The average Bonchev–Trinajstić information content (AvgIpc) is 2.05. The van der Waals surface area contributed by atoms with Gasteiger partial charge in [0.15, 0.2) is 0 Å². The zero-order valence-electron chi connectivity index (χ0n) is 9.76. The fraction of sp³-hybridized carbons (Fsp3) is 0.538. The van der Waals surface area contributed by atoms with Crippen molar-refractivity contribution < 1.29 is 4.39 Å². The SMILES string of the molecule is CC(C)(C)C[C@@H](N)Cc1ccc(F)cc1. The van der Waals surface area contributed by atoms with Crippen LogP contribution in [0.5, 0.6) is 0 Å². The summed E-state index contributed by atoms with van der Waals surface area (Å²) in [6.07, 6.45) is 1.79. The molecule has 0 aliphatic carbocycles. The highest BCUT2D eigenvalue weighted by Gasteiger charge is 2.15. The van der Waals surface area contributed by atoms with E-state index in [1.807, 2.05) is 0 Å². The van der Waals surface area contributed by atoms with Crippen molar-refractivity contribution in [2.75, 3.05) is 0 Å². The Morgan fingerprint density at radius 2 is 1.73 bits per heavy atom. The molecule has 0 aromatic heterocycles. The van der Waals surface area contributed by atoms with Crippen molar-refractivity contribution in [2.45, 2.75) is 39.7 Å². The van der Waals surface area contributed by atoms with E-state index < -0.39 is 0 Å². The van der Waals surface area contributed by atoms with Crippen LogP contribution in [-0.4, -0.2) is 6.04 Å². The first kappa shape index (κ1) is 12.2. The second kappa shape index (κ2) is 4.75. The lowest BCUT2D eigenvalue weighted by molar-refractivity contribution is 0.338. The van der Waals surface area contributed by atoms with E-state index >= 15 is 0 Å². The van der Waals surface area contributed by atoms with E-state index in [2.05, 4.69) is 20.8 Å². The van der Waals surface area contributed by atoms with E-state index in [0.717, 1.165) is 18.4 Å². The van der Waals surface area contributed by atoms with Gasteiger partial charge in [-0.1, -0.05) is 32.9 Å². The lowest BCUT2D eigenvalue weighted by atomic mass is 9.86. The minimum Gasteiger partial charge on any atom is -0.327 e. The van der Waals surface area contributed by atoms with Gasteiger partial charge in [-0.25, -0.2) is 4.39 Å². The van der Waals surface area contributed by atoms with Crippen LogP contribution in [0.4, 0.5) is 4.39 Å². The maximum absolute atomic E-state index is 12.7. The van der Waals surface area contributed by atoms with E-state index in [9.17, 15) is 4.39 Å². The molecule has 0 heterocycles. The molecule has 1 atom stereocenters. The Balaban J connectivity index is 2.51. The van der Waals surface area contributed by atoms with Gasteiger partial charge in [-0.2, -0.15) is 0 Å². The van der Waals surface area contributed by atoms with Gasteiger partial charge in [0.1, 0.15) is 5.82 Å². The molecule has 2 N–H and O–H groups in total. The van der Waals surface area contributed by atoms with E-state index in [0.29, 0.717) is 0 Å². The molecule has 2 heteroatoms. The molecule has 0 radical (unpaired) electrons. The molecule has 84 valence electrons. The second-order valence-corrected chi connectivity index (χ2v) is 5.36. The molecule has 0 fully saturated rings. The molecule has 1 nitrogen and oxygen atoms in total. The topological polar surface area (TPSA) is 26.0 Å². The third-order valence-electron chi connectivity index (χ3n) is 2.29. The van der Waals surface area contributed by atoms with Gasteiger partial charge in [0, 0.05) is 6.04 Å². The molecule has 0 saturated heterocycles. The predicted octanol–water partition coefficient (Wildman–Crippen LogP) is 3.13. The first-order chi connectivity index (χ1) is 6.87. The largest absolute Gasteiger partial charge is 0.327 e. The normalized spacial score (nSPS) is 13.9. The van der Waals surface area contributed by atoms with Crippen molar-refractivity contribution in [1.82, 2.24) is 0 Å². The Hall–Kier alpha value is -0.890. The van der Waals surface area contributed by atoms with Crippen LogP contribution in [0.2, 0.25) is 0 Å². The maximum Gasteiger partial charge on any atom is 0.123 e. The number of hydrogen-bond acceptors (Lipinski definition) is 1. The Morgan fingerprint density at radius 3 is 2.20 bits per heavy atom.